The first-order valence-corrected chi connectivity index (χ1v) is 11.3. The highest BCUT2D eigenvalue weighted by molar-refractivity contribution is 7.85. The molecule has 1 aromatic carbocycles. The number of benzene rings is 1. The summed E-state index contributed by atoms with van der Waals surface area (Å²) >= 11 is 0. The summed E-state index contributed by atoms with van der Waals surface area (Å²) in [6.07, 6.45) is 0.606. The quantitative estimate of drug-likeness (QED) is 0.533. The van der Waals surface area contributed by atoms with Crippen molar-refractivity contribution in [1.29, 1.82) is 0 Å². The number of aliphatic imine (C=N–C) groups is 1. The van der Waals surface area contributed by atoms with Crippen LogP contribution < -0.4 is 0 Å². The zero-order valence-electron chi connectivity index (χ0n) is 14.9. The molecule has 0 spiro atoms. The molecule has 0 fully saturated rings. The SMILES string of the molecule is CCOP(=O)(CCC1(C)C(C)=Nc2ccc(S(=O)(=O)O)cc21)OCC. The molecule has 1 heterocycles. The minimum Gasteiger partial charge on any atom is -0.309 e. The van der Waals surface area contributed by atoms with Gasteiger partial charge in [0.1, 0.15) is 0 Å². The zero-order valence-corrected chi connectivity index (χ0v) is 16.6. The molecule has 0 bridgehead atoms. The maximum atomic E-state index is 12.7. The number of rotatable bonds is 8. The third-order valence-corrected chi connectivity index (χ3v) is 7.41. The zero-order chi connectivity index (χ0) is 18.9. The van der Waals surface area contributed by atoms with Crippen LogP contribution >= 0.6 is 7.60 Å². The van der Waals surface area contributed by atoms with Crippen molar-refractivity contribution < 1.29 is 26.6 Å². The maximum Gasteiger partial charge on any atom is 0.330 e. The van der Waals surface area contributed by atoms with E-state index in [0.717, 1.165) is 5.71 Å². The van der Waals surface area contributed by atoms with Crippen LogP contribution in [-0.4, -0.2) is 38.1 Å². The summed E-state index contributed by atoms with van der Waals surface area (Å²) in [6, 6.07) is 4.32. The van der Waals surface area contributed by atoms with Crippen LogP contribution in [0, 0.1) is 0 Å². The lowest BCUT2D eigenvalue weighted by molar-refractivity contribution is 0.218. The van der Waals surface area contributed by atoms with Crippen LogP contribution in [0.1, 0.15) is 39.7 Å². The highest BCUT2D eigenvalue weighted by Crippen LogP contribution is 2.52. The summed E-state index contributed by atoms with van der Waals surface area (Å²) in [5, 5.41) is 0. The summed E-state index contributed by atoms with van der Waals surface area (Å²) in [4.78, 5) is 4.31. The van der Waals surface area contributed by atoms with E-state index in [2.05, 4.69) is 4.99 Å². The average Bonchev–Trinajstić information content (AvgIpc) is 2.76. The molecule has 2 rings (SSSR count). The first-order valence-electron chi connectivity index (χ1n) is 8.11. The Labute approximate surface area is 148 Å². The second kappa shape index (κ2) is 7.29. The Balaban J connectivity index is 2.36. The van der Waals surface area contributed by atoms with Crippen molar-refractivity contribution in [3.8, 4) is 0 Å². The van der Waals surface area contributed by atoms with Gasteiger partial charge in [0.25, 0.3) is 10.1 Å². The Hall–Kier alpha value is -1.05. The molecule has 0 aromatic heterocycles. The Morgan fingerprint density at radius 1 is 1.24 bits per heavy atom. The molecular weight excluding hydrogens is 365 g/mol. The van der Waals surface area contributed by atoms with E-state index in [0.29, 0.717) is 17.7 Å². The summed E-state index contributed by atoms with van der Waals surface area (Å²) in [5.41, 5.74) is 1.50. The normalized spacial score (nSPS) is 20.4. The lowest BCUT2D eigenvalue weighted by Gasteiger charge is -2.28. The minimum atomic E-state index is -4.31. The Morgan fingerprint density at radius 2 is 1.84 bits per heavy atom. The summed E-state index contributed by atoms with van der Waals surface area (Å²) in [7, 11) is -7.53. The topological polar surface area (TPSA) is 102 Å². The van der Waals surface area contributed by atoms with Gasteiger partial charge in [-0.25, -0.2) is 0 Å². The largest absolute Gasteiger partial charge is 0.330 e. The lowest BCUT2D eigenvalue weighted by Crippen LogP contribution is -2.29. The van der Waals surface area contributed by atoms with Gasteiger partial charge < -0.3 is 9.05 Å². The third-order valence-electron chi connectivity index (χ3n) is 4.48. The highest BCUT2D eigenvalue weighted by Gasteiger charge is 2.40. The summed E-state index contributed by atoms with van der Waals surface area (Å²) < 4.78 is 55.6. The predicted molar refractivity (Wildman–Crippen MR) is 96.7 cm³/mol. The van der Waals surface area contributed by atoms with E-state index in [-0.39, 0.29) is 24.3 Å². The van der Waals surface area contributed by atoms with E-state index in [4.69, 9.17) is 9.05 Å². The van der Waals surface area contributed by atoms with E-state index in [1.807, 2.05) is 13.8 Å². The van der Waals surface area contributed by atoms with Crippen LogP contribution in [0.15, 0.2) is 28.1 Å². The monoisotopic (exact) mass is 389 g/mol. The number of hydrogen-bond acceptors (Lipinski definition) is 6. The van der Waals surface area contributed by atoms with Gasteiger partial charge in [-0.15, -0.1) is 0 Å². The second-order valence-corrected chi connectivity index (χ2v) is 9.71. The molecule has 1 N–H and O–H groups in total. The lowest BCUT2D eigenvalue weighted by atomic mass is 9.78. The van der Waals surface area contributed by atoms with Gasteiger partial charge in [-0.3, -0.25) is 14.1 Å². The van der Waals surface area contributed by atoms with Gasteiger partial charge in [0, 0.05) is 11.1 Å². The second-order valence-electron chi connectivity index (χ2n) is 6.10. The molecule has 0 aliphatic carbocycles. The van der Waals surface area contributed by atoms with Crippen molar-refractivity contribution in [2.45, 2.75) is 44.4 Å². The third kappa shape index (κ3) is 4.20. The smallest absolute Gasteiger partial charge is 0.309 e. The van der Waals surface area contributed by atoms with E-state index in [9.17, 15) is 17.5 Å². The van der Waals surface area contributed by atoms with Crippen LogP contribution in [0.4, 0.5) is 5.69 Å². The molecule has 1 aromatic rings. The molecule has 140 valence electrons. The van der Waals surface area contributed by atoms with Crippen LogP contribution in [0.5, 0.6) is 0 Å². The van der Waals surface area contributed by atoms with Gasteiger partial charge in [0.05, 0.1) is 30.0 Å². The molecule has 7 nitrogen and oxygen atoms in total. The Bertz CT molecular complexity index is 825. The fourth-order valence-electron chi connectivity index (χ4n) is 2.95. The molecule has 25 heavy (non-hydrogen) atoms. The van der Waals surface area contributed by atoms with Crippen LogP contribution in [-0.2, 0) is 29.1 Å². The maximum absolute atomic E-state index is 12.7. The number of hydrogen-bond donors (Lipinski definition) is 1. The van der Waals surface area contributed by atoms with Crippen molar-refractivity contribution in [2.75, 3.05) is 19.4 Å². The molecule has 1 unspecified atom stereocenters. The summed E-state index contributed by atoms with van der Waals surface area (Å²) in [5.74, 6) is 0. The van der Waals surface area contributed by atoms with Gasteiger partial charge in [0.2, 0.25) is 0 Å². The molecule has 1 atom stereocenters. The first kappa shape index (κ1) is 20.3. The fourth-order valence-corrected chi connectivity index (χ4v) is 5.30. The highest BCUT2D eigenvalue weighted by atomic mass is 32.2. The fraction of sp³-hybridized carbons (Fsp3) is 0.562. The predicted octanol–water partition coefficient (Wildman–Crippen LogP) is 3.95. The van der Waals surface area contributed by atoms with Gasteiger partial charge in [-0.1, -0.05) is 6.92 Å². The van der Waals surface area contributed by atoms with E-state index < -0.39 is 23.1 Å². The van der Waals surface area contributed by atoms with Crippen molar-refractivity contribution in [1.82, 2.24) is 0 Å². The van der Waals surface area contributed by atoms with Gasteiger partial charge in [-0.2, -0.15) is 8.42 Å². The molecule has 0 amide bonds. The van der Waals surface area contributed by atoms with Crippen molar-refractivity contribution in [3.05, 3.63) is 23.8 Å². The molecule has 0 radical (unpaired) electrons. The minimum absolute atomic E-state index is 0.180. The van der Waals surface area contributed by atoms with Crippen molar-refractivity contribution in [3.63, 3.8) is 0 Å². The number of nitrogens with zero attached hydrogens (tertiary/aromatic N) is 1. The molecule has 1 aliphatic rings. The van der Waals surface area contributed by atoms with E-state index in [1.54, 1.807) is 19.9 Å². The first-order chi connectivity index (χ1) is 11.6. The van der Waals surface area contributed by atoms with Crippen molar-refractivity contribution in [2.24, 2.45) is 4.99 Å². The molecular formula is C16H24NO6PS. The molecule has 0 saturated carbocycles. The van der Waals surface area contributed by atoms with Crippen LogP contribution in [0.3, 0.4) is 0 Å². The Morgan fingerprint density at radius 3 is 2.36 bits per heavy atom. The van der Waals surface area contributed by atoms with Gasteiger partial charge >= 0.3 is 7.60 Å². The van der Waals surface area contributed by atoms with Gasteiger partial charge in [0.15, 0.2) is 0 Å². The Kier molecular flexibility index (Phi) is 5.91. The average molecular weight is 389 g/mol. The van der Waals surface area contributed by atoms with Crippen LogP contribution in [0.2, 0.25) is 0 Å². The van der Waals surface area contributed by atoms with Gasteiger partial charge in [-0.05, 0) is 51.0 Å². The molecule has 1 aliphatic heterocycles. The van der Waals surface area contributed by atoms with E-state index in [1.165, 1.54) is 12.1 Å². The van der Waals surface area contributed by atoms with E-state index >= 15 is 0 Å². The standard InChI is InChI=1S/C16H24NO6PS/c1-5-22-24(18,23-6-2)10-9-16(4)12(3)17-15-8-7-13(11-14(15)16)25(19,20)21/h7-8,11H,5-6,9-10H2,1-4H3,(H,19,20,21). The van der Waals surface area contributed by atoms with Crippen molar-refractivity contribution >= 4 is 29.1 Å². The molecule has 0 saturated heterocycles. The van der Waals surface area contributed by atoms with Crippen LogP contribution in [0.25, 0.3) is 0 Å². The summed E-state index contributed by atoms with van der Waals surface area (Å²) in [6.45, 7) is 7.83. The molecule has 9 heteroatoms. The number of fused-ring (bicyclic) bond motifs is 1.